The average Bonchev–Trinajstić information content (AvgIpc) is 3.33. The molecule has 0 aliphatic carbocycles. The maximum absolute atomic E-state index is 9.55. The van der Waals surface area contributed by atoms with Crippen LogP contribution in [0.3, 0.4) is 0 Å². The third-order valence-electron chi connectivity index (χ3n) is 6.61. The number of fused-ring (bicyclic) bond motifs is 3. The predicted octanol–water partition coefficient (Wildman–Crippen LogP) is 4.58. The van der Waals surface area contributed by atoms with E-state index in [1.54, 1.807) is 0 Å². The molecule has 172 valence electrons. The second-order valence-corrected chi connectivity index (χ2v) is 8.73. The largest absolute Gasteiger partial charge is 0.478 e. The van der Waals surface area contributed by atoms with E-state index in [1.807, 2.05) is 6.20 Å². The number of aromatic amines is 1. The Labute approximate surface area is 192 Å². The highest BCUT2D eigenvalue weighted by atomic mass is 16.4. The maximum Gasteiger partial charge on any atom is 0.328 e. The summed E-state index contributed by atoms with van der Waals surface area (Å²) in [6, 6.07) is 19.9. The highest BCUT2D eigenvalue weighted by Crippen LogP contribution is 2.35. The first-order valence-electron chi connectivity index (χ1n) is 11.2. The van der Waals surface area contributed by atoms with Crippen molar-refractivity contribution in [2.75, 3.05) is 12.4 Å². The average molecular weight is 448 g/mol. The molecule has 2 bridgehead atoms. The van der Waals surface area contributed by atoms with Crippen molar-refractivity contribution in [3.05, 3.63) is 66.9 Å². The molecule has 2 unspecified atom stereocenters. The van der Waals surface area contributed by atoms with Gasteiger partial charge < -0.3 is 25.4 Å². The van der Waals surface area contributed by atoms with Crippen LogP contribution in [-0.2, 0) is 9.59 Å². The molecule has 3 heterocycles. The van der Waals surface area contributed by atoms with Crippen LogP contribution in [0.1, 0.15) is 25.7 Å². The first-order chi connectivity index (χ1) is 15.9. The first-order valence-corrected chi connectivity index (χ1v) is 11.2. The van der Waals surface area contributed by atoms with Crippen molar-refractivity contribution in [1.82, 2.24) is 9.88 Å². The molecule has 1 aromatic heterocycles. The minimum atomic E-state index is -1.26. The summed E-state index contributed by atoms with van der Waals surface area (Å²) in [6.45, 7) is 0. The summed E-state index contributed by atoms with van der Waals surface area (Å²) in [4.78, 5) is 25.0. The number of nitrogens with one attached hydrogen (secondary N) is 2. The molecule has 2 aliphatic heterocycles. The molecule has 5 rings (SSSR count). The molecule has 0 spiro atoms. The van der Waals surface area contributed by atoms with Gasteiger partial charge in [0.15, 0.2) is 0 Å². The van der Waals surface area contributed by atoms with E-state index >= 15 is 0 Å². The summed E-state index contributed by atoms with van der Waals surface area (Å²) < 4.78 is 0. The van der Waals surface area contributed by atoms with Crippen molar-refractivity contribution in [3.63, 3.8) is 0 Å². The minimum absolute atomic E-state index is 0.558. The van der Waals surface area contributed by atoms with Gasteiger partial charge in [0.1, 0.15) is 0 Å². The number of carbonyl (C=O) groups is 2. The van der Waals surface area contributed by atoms with Gasteiger partial charge in [-0.1, -0.05) is 18.2 Å². The van der Waals surface area contributed by atoms with E-state index in [4.69, 9.17) is 10.2 Å². The van der Waals surface area contributed by atoms with E-state index in [2.05, 4.69) is 70.8 Å². The molecule has 33 heavy (non-hydrogen) atoms. The van der Waals surface area contributed by atoms with Gasteiger partial charge in [0, 0.05) is 47.7 Å². The van der Waals surface area contributed by atoms with E-state index in [1.165, 1.54) is 53.4 Å². The molecule has 0 amide bonds. The Morgan fingerprint density at radius 1 is 0.939 bits per heavy atom. The second kappa shape index (κ2) is 9.92. The lowest BCUT2D eigenvalue weighted by atomic mass is 9.97. The zero-order valence-electron chi connectivity index (χ0n) is 18.6. The molecule has 2 aromatic carbocycles. The highest BCUT2D eigenvalue weighted by molar-refractivity contribution is 5.89. The Morgan fingerprint density at radius 3 is 2.15 bits per heavy atom. The first kappa shape index (κ1) is 22.6. The predicted molar refractivity (Wildman–Crippen MR) is 129 cm³/mol. The van der Waals surface area contributed by atoms with E-state index < -0.39 is 11.9 Å². The molecule has 2 aliphatic rings. The van der Waals surface area contributed by atoms with Gasteiger partial charge in [0.2, 0.25) is 0 Å². The Hall–Kier alpha value is -3.58. The van der Waals surface area contributed by atoms with Gasteiger partial charge in [0.05, 0.1) is 0 Å². The lowest BCUT2D eigenvalue weighted by Crippen LogP contribution is -2.44. The molecule has 2 atom stereocenters. The molecule has 7 heteroatoms. The van der Waals surface area contributed by atoms with Gasteiger partial charge in [-0.3, -0.25) is 0 Å². The van der Waals surface area contributed by atoms with Crippen molar-refractivity contribution < 1.29 is 19.8 Å². The number of carboxylic acids is 2. The molecule has 4 N–H and O–H groups in total. The summed E-state index contributed by atoms with van der Waals surface area (Å²) in [5.41, 5.74) is 4.99. The van der Waals surface area contributed by atoms with E-state index in [-0.39, 0.29) is 0 Å². The Morgan fingerprint density at radius 2 is 1.55 bits per heavy atom. The molecule has 2 saturated heterocycles. The van der Waals surface area contributed by atoms with Gasteiger partial charge in [-0.15, -0.1) is 0 Å². The number of hydrogen-bond acceptors (Lipinski definition) is 4. The molecule has 2 fully saturated rings. The topological polar surface area (TPSA) is 106 Å². The summed E-state index contributed by atoms with van der Waals surface area (Å²) in [7, 11) is 2.30. The number of hydrogen-bond donors (Lipinski definition) is 4. The number of piperidine rings is 1. The molecular formula is C26H29N3O4. The monoisotopic (exact) mass is 447 g/mol. The smallest absolute Gasteiger partial charge is 0.328 e. The number of aliphatic carboxylic acids is 2. The number of H-pyrrole nitrogens is 1. The van der Waals surface area contributed by atoms with E-state index in [0.717, 1.165) is 12.1 Å². The molecular weight excluding hydrogens is 418 g/mol. The van der Waals surface area contributed by atoms with Crippen LogP contribution >= 0.6 is 0 Å². The standard InChI is InChI=1S/C22H25N3.C4H4O4/c1-25-20-7-8-21(25)14-19(13-20)24-18-5-2-15(3-6-18)16-4-9-22-17(12-16)10-11-23-22;5-3(6)1-2-4(7)8/h2-6,9-12,19-21,23-24H,7-8,13-14H2,1H3;1-2H,(H,5,6)(H,7,8)/b;2-1+. The fraction of sp³-hybridized carbons (Fsp3) is 0.308. The highest BCUT2D eigenvalue weighted by Gasteiger charge is 2.38. The summed E-state index contributed by atoms with van der Waals surface area (Å²) >= 11 is 0. The summed E-state index contributed by atoms with van der Waals surface area (Å²) in [5.74, 6) is -2.51. The lowest BCUT2D eigenvalue weighted by Gasteiger charge is -2.37. The Balaban J connectivity index is 0.000000281. The van der Waals surface area contributed by atoms with Crippen molar-refractivity contribution in [1.29, 1.82) is 0 Å². The van der Waals surface area contributed by atoms with Crippen LogP contribution in [0.4, 0.5) is 5.69 Å². The van der Waals surface area contributed by atoms with Gasteiger partial charge >= 0.3 is 11.9 Å². The summed E-state index contributed by atoms with van der Waals surface area (Å²) in [6.07, 6.45) is 8.42. The SMILES string of the molecule is CN1C2CCC1CC(Nc1ccc(-c3ccc4[nH]ccc4c3)cc1)C2.O=C(O)/C=C/C(=O)O. The van der Waals surface area contributed by atoms with Gasteiger partial charge in [0.25, 0.3) is 0 Å². The number of benzene rings is 2. The fourth-order valence-electron chi connectivity index (χ4n) is 4.90. The van der Waals surface area contributed by atoms with Crippen LogP contribution in [0.15, 0.2) is 66.9 Å². The van der Waals surface area contributed by atoms with Crippen LogP contribution in [0, 0.1) is 0 Å². The van der Waals surface area contributed by atoms with Gasteiger partial charge in [-0.2, -0.15) is 0 Å². The molecule has 3 aromatic rings. The number of nitrogens with zero attached hydrogens (tertiary/aromatic N) is 1. The second-order valence-electron chi connectivity index (χ2n) is 8.73. The van der Waals surface area contributed by atoms with Crippen LogP contribution in [-0.4, -0.2) is 57.2 Å². The maximum atomic E-state index is 9.55. The van der Waals surface area contributed by atoms with E-state index in [0.29, 0.717) is 18.2 Å². The fourth-order valence-corrected chi connectivity index (χ4v) is 4.90. The van der Waals surface area contributed by atoms with Crippen molar-refractivity contribution in [2.45, 2.75) is 43.8 Å². The minimum Gasteiger partial charge on any atom is -0.478 e. The van der Waals surface area contributed by atoms with Crippen LogP contribution in [0.5, 0.6) is 0 Å². The number of anilines is 1. The van der Waals surface area contributed by atoms with E-state index in [9.17, 15) is 9.59 Å². The van der Waals surface area contributed by atoms with Gasteiger partial charge in [-0.05, 0) is 79.6 Å². The summed E-state index contributed by atoms with van der Waals surface area (Å²) in [5, 5.41) is 20.7. The lowest BCUT2D eigenvalue weighted by molar-refractivity contribution is -0.134. The van der Waals surface area contributed by atoms with Crippen molar-refractivity contribution in [3.8, 4) is 11.1 Å². The van der Waals surface area contributed by atoms with Crippen molar-refractivity contribution >= 4 is 28.5 Å². The van der Waals surface area contributed by atoms with Crippen LogP contribution < -0.4 is 5.32 Å². The zero-order chi connectivity index (χ0) is 23.4. The normalized spacial score (nSPS) is 22.2. The molecule has 0 radical (unpaired) electrons. The molecule has 7 nitrogen and oxygen atoms in total. The van der Waals surface area contributed by atoms with Gasteiger partial charge in [-0.25, -0.2) is 9.59 Å². The van der Waals surface area contributed by atoms with Crippen LogP contribution in [0.25, 0.3) is 22.0 Å². The Bertz CT molecular complexity index is 1120. The van der Waals surface area contributed by atoms with Crippen LogP contribution in [0.2, 0.25) is 0 Å². The number of carboxylic acid groups (broad SMARTS) is 2. The van der Waals surface area contributed by atoms with Crippen molar-refractivity contribution in [2.24, 2.45) is 0 Å². The zero-order valence-corrected chi connectivity index (χ0v) is 18.6. The number of rotatable bonds is 5. The third-order valence-corrected chi connectivity index (χ3v) is 6.61. The third kappa shape index (κ3) is 5.62. The molecule has 0 saturated carbocycles. The quantitative estimate of drug-likeness (QED) is 0.427. The Kier molecular flexibility index (Phi) is 6.79. The number of aromatic nitrogens is 1.